The maximum atomic E-state index is 9.79. The van der Waals surface area contributed by atoms with Crippen molar-refractivity contribution in [2.45, 2.75) is 19.9 Å². The topological polar surface area (TPSA) is 61.7 Å². The van der Waals surface area contributed by atoms with Crippen LogP contribution in [0.5, 0.6) is 17.2 Å². The monoisotopic (exact) mass is 287 g/mol. The minimum Gasteiger partial charge on any atom is -0.508 e. The van der Waals surface area contributed by atoms with Crippen molar-refractivity contribution >= 4 is 0 Å². The minimum absolute atomic E-state index is 0.0711. The molecule has 21 heavy (non-hydrogen) atoms. The molecule has 1 unspecified atom stereocenters. The van der Waals surface area contributed by atoms with E-state index in [1.54, 1.807) is 6.07 Å². The second-order valence-corrected chi connectivity index (χ2v) is 5.08. The summed E-state index contributed by atoms with van der Waals surface area (Å²) in [5, 5.41) is 22.5. The van der Waals surface area contributed by atoms with Gasteiger partial charge in [0.2, 0.25) is 0 Å². The lowest BCUT2D eigenvalue weighted by molar-refractivity contribution is 0.306. The lowest BCUT2D eigenvalue weighted by Crippen LogP contribution is -2.24. The van der Waals surface area contributed by atoms with E-state index in [2.05, 4.69) is 5.32 Å². The normalized spacial score (nSPS) is 12.1. The zero-order valence-electron chi connectivity index (χ0n) is 12.3. The van der Waals surface area contributed by atoms with Crippen LogP contribution in [0.25, 0.3) is 0 Å². The van der Waals surface area contributed by atoms with Crippen molar-refractivity contribution in [3.05, 3.63) is 53.6 Å². The Hall–Kier alpha value is -2.20. The molecule has 0 bridgehead atoms. The Morgan fingerprint density at radius 1 is 1.14 bits per heavy atom. The van der Waals surface area contributed by atoms with Crippen molar-refractivity contribution in [2.24, 2.45) is 0 Å². The number of aromatic hydroxyl groups is 2. The molecule has 2 aromatic rings. The van der Waals surface area contributed by atoms with Crippen molar-refractivity contribution in [1.29, 1.82) is 0 Å². The highest BCUT2D eigenvalue weighted by atomic mass is 16.5. The van der Waals surface area contributed by atoms with Crippen LogP contribution in [0, 0.1) is 6.92 Å². The van der Waals surface area contributed by atoms with Gasteiger partial charge in [-0.15, -0.1) is 0 Å². The number of ether oxygens (including phenoxy) is 1. The van der Waals surface area contributed by atoms with E-state index in [1.807, 2.05) is 38.1 Å². The first kappa shape index (κ1) is 15.2. The first-order valence-corrected chi connectivity index (χ1v) is 7.01. The minimum atomic E-state index is -0.0711. The van der Waals surface area contributed by atoms with Crippen LogP contribution < -0.4 is 10.1 Å². The molecule has 0 saturated heterocycles. The summed E-state index contributed by atoms with van der Waals surface area (Å²) in [7, 11) is 0. The number of nitrogens with one attached hydrogen (secondary N) is 1. The lowest BCUT2D eigenvalue weighted by Gasteiger charge is -2.16. The summed E-state index contributed by atoms with van der Waals surface area (Å²) < 4.78 is 5.65. The Kier molecular flexibility index (Phi) is 5.06. The summed E-state index contributed by atoms with van der Waals surface area (Å²) in [6.07, 6.45) is 0. The van der Waals surface area contributed by atoms with Gasteiger partial charge in [0.15, 0.2) is 0 Å². The number of hydrogen-bond acceptors (Lipinski definition) is 4. The van der Waals surface area contributed by atoms with E-state index in [0.29, 0.717) is 18.7 Å². The molecule has 1 atom stereocenters. The third-order valence-electron chi connectivity index (χ3n) is 3.29. The van der Waals surface area contributed by atoms with Crippen LogP contribution in [-0.4, -0.2) is 23.4 Å². The lowest BCUT2D eigenvalue weighted by atomic mass is 10.1. The van der Waals surface area contributed by atoms with Gasteiger partial charge in [0.1, 0.15) is 23.9 Å². The Morgan fingerprint density at radius 3 is 2.71 bits per heavy atom. The number of phenols is 2. The zero-order chi connectivity index (χ0) is 15.2. The van der Waals surface area contributed by atoms with E-state index in [-0.39, 0.29) is 17.5 Å². The van der Waals surface area contributed by atoms with E-state index in [4.69, 9.17) is 4.74 Å². The summed E-state index contributed by atoms with van der Waals surface area (Å²) in [5.74, 6) is 1.17. The average Bonchev–Trinajstić information content (AvgIpc) is 2.46. The first-order chi connectivity index (χ1) is 10.1. The molecule has 2 aromatic carbocycles. The summed E-state index contributed by atoms with van der Waals surface area (Å²) >= 11 is 0. The molecule has 4 nitrogen and oxygen atoms in total. The molecule has 3 N–H and O–H groups in total. The van der Waals surface area contributed by atoms with E-state index in [0.717, 1.165) is 5.75 Å². The number of rotatable bonds is 6. The molecule has 0 heterocycles. The van der Waals surface area contributed by atoms with Gasteiger partial charge < -0.3 is 20.3 Å². The van der Waals surface area contributed by atoms with Crippen molar-refractivity contribution < 1.29 is 14.9 Å². The second-order valence-electron chi connectivity index (χ2n) is 5.08. The molecule has 112 valence electrons. The third kappa shape index (κ3) is 4.39. The second kappa shape index (κ2) is 6.99. The van der Waals surface area contributed by atoms with Crippen LogP contribution in [0.1, 0.15) is 24.1 Å². The largest absolute Gasteiger partial charge is 0.508 e. The Balaban J connectivity index is 1.82. The number of hydrogen-bond donors (Lipinski definition) is 3. The first-order valence-electron chi connectivity index (χ1n) is 7.01. The fourth-order valence-electron chi connectivity index (χ4n) is 2.15. The molecule has 0 saturated carbocycles. The number of benzene rings is 2. The Morgan fingerprint density at radius 2 is 1.95 bits per heavy atom. The van der Waals surface area contributed by atoms with E-state index < -0.39 is 0 Å². The van der Waals surface area contributed by atoms with Gasteiger partial charge in [-0.1, -0.05) is 12.1 Å². The van der Waals surface area contributed by atoms with Gasteiger partial charge in [-0.3, -0.25) is 0 Å². The van der Waals surface area contributed by atoms with Crippen molar-refractivity contribution in [3.63, 3.8) is 0 Å². The molecule has 4 heteroatoms. The van der Waals surface area contributed by atoms with E-state index >= 15 is 0 Å². The van der Waals surface area contributed by atoms with Gasteiger partial charge in [-0.25, -0.2) is 0 Å². The van der Waals surface area contributed by atoms with Gasteiger partial charge >= 0.3 is 0 Å². The van der Waals surface area contributed by atoms with Crippen molar-refractivity contribution in [2.75, 3.05) is 13.2 Å². The van der Waals surface area contributed by atoms with Gasteiger partial charge in [-0.2, -0.15) is 0 Å². The fraction of sp³-hybridized carbons (Fsp3) is 0.294. The molecule has 0 aliphatic carbocycles. The van der Waals surface area contributed by atoms with Crippen LogP contribution in [0.2, 0.25) is 0 Å². The van der Waals surface area contributed by atoms with Crippen LogP contribution >= 0.6 is 0 Å². The molecule has 0 radical (unpaired) electrons. The SMILES string of the molecule is Cc1cccc(OCCNC(C)c2cc(O)ccc2O)c1. The van der Waals surface area contributed by atoms with Crippen LogP contribution in [0.4, 0.5) is 0 Å². The highest BCUT2D eigenvalue weighted by Crippen LogP contribution is 2.27. The van der Waals surface area contributed by atoms with Crippen LogP contribution in [0.15, 0.2) is 42.5 Å². The molecule has 0 aromatic heterocycles. The molecular weight excluding hydrogens is 266 g/mol. The smallest absolute Gasteiger partial charge is 0.120 e. The summed E-state index contributed by atoms with van der Waals surface area (Å²) in [4.78, 5) is 0. The molecular formula is C17H21NO3. The Labute approximate surface area is 125 Å². The molecule has 0 aliphatic rings. The molecule has 0 fully saturated rings. The van der Waals surface area contributed by atoms with Gasteiger partial charge in [0.05, 0.1) is 0 Å². The molecule has 2 rings (SSSR count). The van der Waals surface area contributed by atoms with Crippen LogP contribution in [-0.2, 0) is 0 Å². The van der Waals surface area contributed by atoms with Gasteiger partial charge in [0.25, 0.3) is 0 Å². The average molecular weight is 287 g/mol. The maximum absolute atomic E-state index is 9.79. The fourth-order valence-corrected chi connectivity index (χ4v) is 2.15. The van der Waals surface area contributed by atoms with Crippen LogP contribution in [0.3, 0.4) is 0 Å². The summed E-state index contributed by atoms with van der Waals surface area (Å²) in [6.45, 7) is 5.14. The zero-order valence-corrected chi connectivity index (χ0v) is 12.3. The maximum Gasteiger partial charge on any atom is 0.120 e. The predicted molar refractivity (Wildman–Crippen MR) is 82.9 cm³/mol. The number of phenolic OH excluding ortho intramolecular Hbond substituents is 2. The third-order valence-corrected chi connectivity index (χ3v) is 3.29. The quantitative estimate of drug-likeness (QED) is 0.564. The number of aryl methyl sites for hydroxylation is 1. The van der Waals surface area contributed by atoms with Crippen molar-refractivity contribution in [3.8, 4) is 17.2 Å². The summed E-state index contributed by atoms with van der Waals surface area (Å²) in [5.41, 5.74) is 1.84. The van der Waals surface area contributed by atoms with E-state index in [1.165, 1.54) is 17.7 Å². The molecule has 0 aliphatic heterocycles. The van der Waals surface area contributed by atoms with Crippen molar-refractivity contribution in [1.82, 2.24) is 5.32 Å². The summed E-state index contributed by atoms with van der Waals surface area (Å²) in [6, 6.07) is 12.4. The van der Waals surface area contributed by atoms with E-state index in [9.17, 15) is 10.2 Å². The molecule has 0 spiro atoms. The standard InChI is InChI=1S/C17H21NO3/c1-12-4-3-5-15(10-12)21-9-8-18-13(2)16-11-14(19)6-7-17(16)20/h3-7,10-11,13,18-20H,8-9H2,1-2H3. The highest BCUT2D eigenvalue weighted by molar-refractivity contribution is 5.40. The Bertz CT molecular complexity index is 598. The van der Waals surface area contributed by atoms with Gasteiger partial charge in [-0.05, 0) is 49.7 Å². The highest BCUT2D eigenvalue weighted by Gasteiger charge is 2.10. The molecule has 0 amide bonds. The predicted octanol–water partition coefficient (Wildman–Crippen LogP) is 3.14. The van der Waals surface area contributed by atoms with Gasteiger partial charge in [0, 0.05) is 18.2 Å².